The van der Waals surface area contributed by atoms with Gasteiger partial charge in [-0.3, -0.25) is 9.59 Å². The number of ether oxygens (including phenoxy) is 4. The van der Waals surface area contributed by atoms with E-state index in [2.05, 4.69) is 4.98 Å². The van der Waals surface area contributed by atoms with Crippen LogP contribution in [0.1, 0.15) is 63.9 Å². The Balaban J connectivity index is 2.15. The number of ketones is 1. The molecule has 0 saturated carbocycles. The van der Waals surface area contributed by atoms with E-state index in [-0.39, 0.29) is 29.7 Å². The topological polar surface area (TPSA) is 104 Å². The highest BCUT2D eigenvalue weighted by atomic mass is 16.6. The second kappa shape index (κ2) is 14.3. The van der Waals surface area contributed by atoms with Crippen molar-refractivity contribution in [1.29, 1.82) is 0 Å². The zero-order chi connectivity index (χ0) is 25.8. The SMILES string of the molecule is CCCO[C@@H](CC)[C@@H](Oc1ccccc1)[C@H](C)OC(=O)[C@H](CC)CC(=O)c1nccc(OC)c1O. The number of pyridine rings is 1. The van der Waals surface area contributed by atoms with Crippen molar-refractivity contribution in [3.8, 4) is 17.2 Å². The van der Waals surface area contributed by atoms with Gasteiger partial charge in [-0.2, -0.15) is 0 Å². The molecule has 1 aromatic carbocycles. The van der Waals surface area contributed by atoms with Crippen LogP contribution in [0, 0.1) is 5.92 Å². The third-order valence-corrected chi connectivity index (χ3v) is 5.71. The van der Waals surface area contributed by atoms with Crippen LogP contribution in [-0.4, -0.2) is 53.9 Å². The van der Waals surface area contributed by atoms with E-state index in [9.17, 15) is 14.7 Å². The molecule has 0 bridgehead atoms. The van der Waals surface area contributed by atoms with Crippen molar-refractivity contribution < 1.29 is 33.6 Å². The Hall–Kier alpha value is -3.13. The summed E-state index contributed by atoms with van der Waals surface area (Å²) in [4.78, 5) is 29.8. The van der Waals surface area contributed by atoms with E-state index in [1.54, 1.807) is 13.8 Å². The molecule has 2 aromatic rings. The molecule has 1 aromatic heterocycles. The fraction of sp³-hybridized carbons (Fsp3) is 0.519. The summed E-state index contributed by atoms with van der Waals surface area (Å²) < 4.78 is 23.1. The smallest absolute Gasteiger partial charge is 0.309 e. The average Bonchev–Trinajstić information content (AvgIpc) is 2.87. The van der Waals surface area contributed by atoms with E-state index in [0.717, 1.165) is 6.42 Å². The molecule has 2 rings (SSSR count). The molecule has 8 heteroatoms. The normalized spacial score (nSPS) is 14.4. The quantitative estimate of drug-likeness (QED) is 0.277. The number of hydrogen-bond acceptors (Lipinski definition) is 8. The summed E-state index contributed by atoms with van der Waals surface area (Å²) in [5.41, 5.74) is -0.132. The Morgan fingerprint density at radius 1 is 1.06 bits per heavy atom. The highest BCUT2D eigenvalue weighted by Crippen LogP contribution is 2.30. The fourth-order valence-electron chi connectivity index (χ4n) is 3.71. The highest BCUT2D eigenvalue weighted by Gasteiger charge is 2.34. The predicted octanol–water partition coefficient (Wildman–Crippen LogP) is 4.98. The van der Waals surface area contributed by atoms with Crippen LogP contribution < -0.4 is 9.47 Å². The van der Waals surface area contributed by atoms with Crippen molar-refractivity contribution in [1.82, 2.24) is 4.98 Å². The lowest BCUT2D eigenvalue weighted by atomic mass is 9.97. The van der Waals surface area contributed by atoms with E-state index in [1.807, 2.05) is 44.2 Å². The van der Waals surface area contributed by atoms with Gasteiger partial charge in [0.2, 0.25) is 0 Å². The third-order valence-electron chi connectivity index (χ3n) is 5.71. The molecule has 8 nitrogen and oxygen atoms in total. The molecule has 0 aliphatic carbocycles. The van der Waals surface area contributed by atoms with Crippen LogP contribution in [0.3, 0.4) is 0 Å². The lowest BCUT2D eigenvalue weighted by Crippen LogP contribution is -2.45. The number of carbonyl (C=O) groups is 2. The van der Waals surface area contributed by atoms with Gasteiger partial charge in [-0.05, 0) is 38.3 Å². The number of nitrogens with zero attached hydrogens (tertiary/aromatic N) is 1. The molecule has 0 radical (unpaired) electrons. The van der Waals surface area contributed by atoms with Gasteiger partial charge in [0.05, 0.1) is 19.1 Å². The minimum absolute atomic E-state index is 0.132. The molecule has 0 aliphatic heterocycles. The van der Waals surface area contributed by atoms with Crippen molar-refractivity contribution >= 4 is 11.8 Å². The number of Topliss-reactive ketones (excluding diaryl/α,β-unsaturated/α-hetero) is 1. The van der Waals surface area contributed by atoms with E-state index >= 15 is 0 Å². The summed E-state index contributed by atoms with van der Waals surface area (Å²) in [6.45, 7) is 8.17. The van der Waals surface area contributed by atoms with Gasteiger partial charge in [0, 0.05) is 25.3 Å². The number of carbonyl (C=O) groups excluding carboxylic acids is 2. The molecular formula is C27H37NO7. The first-order valence-corrected chi connectivity index (χ1v) is 12.1. The van der Waals surface area contributed by atoms with Crippen LogP contribution in [0.25, 0.3) is 0 Å². The molecule has 192 valence electrons. The van der Waals surface area contributed by atoms with E-state index < -0.39 is 29.9 Å². The van der Waals surface area contributed by atoms with Crippen LogP contribution in [0.2, 0.25) is 0 Å². The Morgan fingerprint density at radius 3 is 2.37 bits per heavy atom. The number of hydrogen-bond donors (Lipinski definition) is 1. The minimum Gasteiger partial charge on any atom is -0.503 e. The van der Waals surface area contributed by atoms with Crippen LogP contribution >= 0.6 is 0 Å². The van der Waals surface area contributed by atoms with Crippen molar-refractivity contribution in [3.63, 3.8) is 0 Å². The number of methoxy groups -OCH3 is 1. The largest absolute Gasteiger partial charge is 0.503 e. The number of para-hydroxylation sites is 1. The van der Waals surface area contributed by atoms with Crippen LogP contribution in [0.15, 0.2) is 42.6 Å². The standard InChI is InChI=1S/C27H37NO7/c1-6-16-33-22(8-3)26(35-20-12-10-9-11-13-20)18(4)34-27(31)19(7-2)17-21(29)24-25(30)23(32-5)14-15-28-24/h9-15,18-19,22,26,30H,6-8,16-17H2,1-5H3/t18-,19+,22-,26-/m0/s1. The average molecular weight is 488 g/mol. The summed E-state index contributed by atoms with van der Waals surface area (Å²) in [6.07, 6.45) is 1.70. The molecule has 35 heavy (non-hydrogen) atoms. The Morgan fingerprint density at radius 2 is 1.77 bits per heavy atom. The van der Waals surface area contributed by atoms with E-state index in [4.69, 9.17) is 18.9 Å². The van der Waals surface area contributed by atoms with Crippen LogP contribution in [0.5, 0.6) is 17.2 Å². The van der Waals surface area contributed by atoms with E-state index in [1.165, 1.54) is 19.4 Å². The highest BCUT2D eigenvalue weighted by molar-refractivity contribution is 5.99. The number of aromatic hydroxyl groups is 1. The van der Waals surface area contributed by atoms with Gasteiger partial charge in [0.15, 0.2) is 29.1 Å². The number of aromatic nitrogens is 1. The second-order valence-corrected chi connectivity index (χ2v) is 8.30. The minimum atomic E-state index is -0.702. The van der Waals surface area contributed by atoms with Crippen molar-refractivity contribution in [2.45, 2.75) is 71.7 Å². The molecule has 0 amide bonds. The molecular weight excluding hydrogens is 450 g/mol. The first-order valence-electron chi connectivity index (χ1n) is 12.1. The molecule has 1 heterocycles. The van der Waals surface area contributed by atoms with Crippen LogP contribution in [-0.2, 0) is 14.3 Å². The Bertz CT molecular complexity index is 934. The van der Waals surface area contributed by atoms with Crippen molar-refractivity contribution in [2.75, 3.05) is 13.7 Å². The van der Waals surface area contributed by atoms with Gasteiger partial charge in [-0.1, -0.05) is 39.0 Å². The maximum absolute atomic E-state index is 13.1. The van der Waals surface area contributed by atoms with Gasteiger partial charge in [0.25, 0.3) is 0 Å². The molecule has 0 unspecified atom stereocenters. The van der Waals surface area contributed by atoms with Gasteiger partial charge in [-0.25, -0.2) is 4.98 Å². The molecule has 1 N–H and O–H groups in total. The van der Waals surface area contributed by atoms with Crippen molar-refractivity contribution in [2.24, 2.45) is 5.92 Å². The lowest BCUT2D eigenvalue weighted by Gasteiger charge is -2.32. The molecule has 0 fully saturated rings. The maximum Gasteiger partial charge on any atom is 0.309 e. The maximum atomic E-state index is 13.1. The first-order chi connectivity index (χ1) is 16.9. The molecule has 0 aliphatic rings. The van der Waals surface area contributed by atoms with Crippen LogP contribution in [0.4, 0.5) is 0 Å². The summed E-state index contributed by atoms with van der Waals surface area (Å²) in [5.74, 6) is -1.22. The van der Waals surface area contributed by atoms with Gasteiger partial charge in [0.1, 0.15) is 11.9 Å². The van der Waals surface area contributed by atoms with Gasteiger partial charge >= 0.3 is 5.97 Å². The first kappa shape index (κ1) is 28.1. The Kier molecular flexibility index (Phi) is 11.5. The summed E-state index contributed by atoms with van der Waals surface area (Å²) >= 11 is 0. The second-order valence-electron chi connectivity index (χ2n) is 8.30. The van der Waals surface area contributed by atoms with Gasteiger partial charge in [-0.15, -0.1) is 0 Å². The predicted molar refractivity (Wildman–Crippen MR) is 132 cm³/mol. The molecule has 0 saturated heterocycles. The number of esters is 1. The number of benzene rings is 1. The van der Waals surface area contributed by atoms with E-state index in [0.29, 0.717) is 25.2 Å². The fourth-order valence-corrected chi connectivity index (χ4v) is 3.71. The van der Waals surface area contributed by atoms with Crippen molar-refractivity contribution in [3.05, 3.63) is 48.3 Å². The zero-order valence-corrected chi connectivity index (χ0v) is 21.2. The lowest BCUT2D eigenvalue weighted by molar-refractivity contribution is -0.163. The Labute approximate surface area is 207 Å². The number of rotatable bonds is 15. The third kappa shape index (κ3) is 7.96. The molecule has 4 atom stereocenters. The summed E-state index contributed by atoms with van der Waals surface area (Å²) in [6, 6.07) is 10.8. The summed E-state index contributed by atoms with van der Waals surface area (Å²) in [7, 11) is 1.39. The van der Waals surface area contributed by atoms with Gasteiger partial charge < -0.3 is 24.1 Å². The molecule has 0 spiro atoms. The summed E-state index contributed by atoms with van der Waals surface area (Å²) in [5, 5.41) is 10.2. The zero-order valence-electron chi connectivity index (χ0n) is 21.2. The monoisotopic (exact) mass is 487 g/mol.